The van der Waals surface area contributed by atoms with Crippen molar-refractivity contribution in [1.82, 2.24) is 4.98 Å². The Hall–Kier alpha value is -0.800. The van der Waals surface area contributed by atoms with Gasteiger partial charge in [0.2, 0.25) is 0 Å². The fourth-order valence-electron chi connectivity index (χ4n) is 1.07. The van der Waals surface area contributed by atoms with Crippen LogP contribution in [0.4, 0.5) is 5.82 Å². The Kier molecular flexibility index (Phi) is 4.17. The first kappa shape index (κ1) is 11.3. The molecule has 0 aliphatic carbocycles. The summed E-state index contributed by atoms with van der Waals surface area (Å²) < 4.78 is 0. The van der Waals surface area contributed by atoms with Crippen molar-refractivity contribution in [3.63, 3.8) is 0 Å². The molecule has 0 radical (unpaired) electrons. The van der Waals surface area contributed by atoms with E-state index in [0.717, 1.165) is 17.9 Å². The first-order chi connectivity index (χ1) is 6.61. The van der Waals surface area contributed by atoms with Crippen molar-refractivity contribution in [2.45, 2.75) is 20.4 Å². The van der Waals surface area contributed by atoms with E-state index >= 15 is 0 Å². The summed E-state index contributed by atoms with van der Waals surface area (Å²) >= 11 is 5.84. The summed E-state index contributed by atoms with van der Waals surface area (Å²) in [7, 11) is 0. The van der Waals surface area contributed by atoms with Crippen LogP contribution in [0.2, 0.25) is 5.15 Å². The second-order valence-corrected chi connectivity index (χ2v) is 4.05. The van der Waals surface area contributed by atoms with Crippen molar-refractivity contribution >= 4 is 17.4 Å². The van der Waals surface area contributed by atoms with Crippen LogP contribution < -0.4 is 11.1 Å². The smallest absolute Gasteiger partial charge is 0.131 e. The van der Waals surface area contributed by atoms with Crippen LogP contribution in [-0.2, 0) is 6.54 Å². The zero-order chi connectivity index (χ0) is 10.6. The van der Waals surface area contributed by atoms with Crippen LogP contribution >= 0.6 is 11.6 Å². The highest BCUT2D eigenvalue weighted by atomic mass is 35.5. The zero-order valence-corrected chi connectivity index (χ0v) is 9.30. The Bertz CT molecular complexity index is 299. The molecule has 0 bridgehead atoms. The molecule has 4 heteroatoms. The Morgan fingerprint density at radius 1 is 1.50 bits per heavy atom. The predicted octanol–water partition coefficient (Wildman–Crippen LogP) is 2.26. The molecule has 0 saturated heterocycles. The van der Waals surface area contributed by atoms with Gasteiger partial charge in [-0.05, 0) is 23.6 Å². The third kappa shape index (κ3) is 3.52. The number of nitrogens with one attached hydrogen (secondary N) is 1. The number of hydrogen-bond acceptors (Lipinski definition) is 3. The van der Waals surface area contributed by atoms with Crippen LogP contribution in [0.3, 0.4) is 0 Å². The molecule has 1 rings (SSSR count). The van der Waals surface area contributed by atoms with Crippen molar-refractivity contribution in [2.24, 2.45) is 11.7 Å². The molecule has 0 aliphatic rings. The number of halogens is 1. The van der Waals surface area contributed by atoms with Gasteiger partial charge in [0.05, 0.1) is 0 Å². The lowest BCUT2D eigenvalue weighted by molar-refractivity contribution is 0.687. The van der Waals surface area contributed by atoms with Gasteiger partial charge < -0.3 is 11.1 Å². The van der Waals surface area contributed by atoms with E-state index in [1.54, 1.807) is 6.07 Å². The number of nitrogens with zero attached hydrogens (tertiary/aromatic N) is 1. The van der Waals surface area contributed by atoms with Gasteiger partial charge in [-0.15, -0.1) is 0 Å². The number of hydrogen-bond donors (Lipinski definition) is 2. The Balaban J connectivity index is 2.71. The van der Waals surface area contributed by atoms with Gasteiger partial charge in [0, 0.05) is 13.1 Å². The van der Waals surface area contributed by atoms with E-state index in [1.807, 2.05) is 6.07 Å². The average Bonchev–Trinajstić information content (AvgIpc) is 2.14. The fourth-order valence-corrected chi connectivity index (χ4v) is 1.30. The lowest BCUT2D eigenvalue weighted by Crippen LogP contribution is -2.10. The minimum atomic E-state index is 0.485. The summed E-state index contributed by atoms with van der Waals surface area (Å²) in [5, 5.41) is 3.69. The van der Waals surface area contributed by atoms with Crippen molar-refractivity contribution in [3.05, 3.63) is 22.8 Å². The van der Waals surface area contributed by atoms with Gasteiger partial charge in [-0.25, -0.2) is 4.98 Å². The van der Waals surface area contributed by atoms with Crippen LogP contribution in [0.1, 0.15) is 19.4 Å². The highest BCUT2D eigenvalue weighted by molar-refractivity contribution is 6.29. The number of nitrogens with two attached hydrogens (primary N) is 1. The second-order valence-electron chi connectivity index (χ2n) is 3.66. The summed E-state index contributed by atoms with van der Waals surface area (Å²) in [5.41, 5.74) is 6.53. The molecule has 1 aromatic heterocycles. The molecule has 78 valence electrons. The lowest BCUT2D eigenvalue weighted by atomic mass is 10.2. The zero-order valence-electron chi connectivity index (χ0n) is 8.55. The first-order valence-corrected chi connectivity index (χ1v) is 5.10. The first-order valence-electron chi connectivity index (χ1n) is 4.72. The van der Waals surface area contributed by atoms with E-state index < -0.39 is 0 Å². The maximum absolute atomic E-state index is 5.84. The van der Waals surface area contributed by atoms with E-state index in [0.29, 0.717) is 17.6 Å². The number of anilines is 1. The molecule has 3 N–H and O–H groups in total. The maximum Gasteiger partial charge on any atom is 0.131 e. The topological polar surface area (TPSA) is 50.9 Å². The fraction of sp³-hybridized carbons (Fsp3) is 0.500. The van der Waals surface area contributed by atoms with Gasteiger partial charge >= 0.3 is 0 Å². The van der Waals surface area contributed by atoms with Gasteiger partial charge in [0.1, 0.15) is 11.0 Å². The minimum absolute atomic E-state index is 0.485. The van der Waals surface area contributed by atoms with E-state index in [9.17, 15) is 0 Å². The van der Waals surface area contributed by atoms with Gasteiger partial charge in [0.15, 0.2) is 0 Å². The van der Waals surface area contributed by atoms with Crippen LogP contribution in [0, 0.1) is 5.92 Å². The van der Waals surface area contributed by atoms with Crippen LogP contribution in [0.25, 0.3) is 0 Å². The Morgan fingerprint density at radius 2 is 2.21 bits per heavy atom. The molecule has 0 fully saturated rings. The number of rotatable bonds is 4. The molecule has 0 saturated carbocycles. The Labute approximate surface area is 89.7 Å². The molecular formula is C10H16ClN3. The largest absolute Gasteiger partial charge is 0.370 e. The van der Waals surface area contributed by atoms with Crippen molar-refractivity contribution < 1.29 is 0 Å². The third-order valence-corrected chi connectivity index (χ3v) is 1.97. The molecule has 0 unspecified atom stereocenters. The molecule has 14 heavy (non-hydrogen) atoms. The molecule has 0 atom stereocenters. The van der Waals surface area contributed by atoms with E-state index in [-0.39, 0.29) is 0 Å². The van der Waals surface area contributed by atoms with Gasteiger partial charge in [-0.3, -0.25) is 0 Å². The molecule has 0 amide bonds. The van der Waals surface area contributed by atoms with Crippen molar-refractivity contribution in [2.75, 3.05) is 11.9 Å². The SMILES string of the molecule is CC(C)CNc1cc(CN)cc(Cl)n1. The van der Waals surface area contributed by atoms with Crippen LogP contribution in [0.15, 0.2) is 12.1 Å². The maximum atomic E-state index is 5.84. The molecule has 0 aromatic carbocycles. The monoisotopic (exact) mass is 213 g/mol. The minimum Gasteiger partial charge on any atom is -0.370 e. The quantitative estimate of drug-likeness (QED) is 0.755. The summed E-state index contributed by atoms with van der Waals surface area (Å²) in [6, 6.07) is 3.70. The summed E-state index contributed by atoms with van der Waals surface area (Å²) in [5.74, 6) is 1.38. The average molecular weight is 214 g/mol. The summed E-state index contributed by atoms with van der Waals surface area (Å²) in [6.07, 6.45) is 0. The van der Waals surface area contributed by atoms with Gasteiger partial charge in [-0.2, -0.15) is 0 Å². The molecule has 1 aromatic rings. The summed E-state index contributed by atoms with van der Waals surface area (Å²) in [6.45, 7) is 5.65. The normalized spacial score (nSPS) is 10.6. The van der Waals surface area contributed by atoms with E-state index in [1.165, 1.54) is 0 Å². The van der Waals surface area contributed by atoms with E-state index in [4.69, 9.17) is 17.3 Å². The van der Waals surface area contributed by atoms with Crippen molar-refractivity contribution in [3.8, 4) is 0 Å². The standard InChI is InChI=1S/C10H16ClN3/c1-7(2)6-13-10-4-8(5-12)3-9(11)14-10/h3-4,7H,5-6,12H2,1-2H3,(H,13,14). The van der Waals surface area contributed by atoms with Gasteiger partial charge in [-0.1, -0.05) is 25.4 Å². The molecule has 0 aliphatic heterocycles. The van der Waals surface area contributed by atoms with E-state index in [2.05, 4.69) is 24.1 Å². The third-order valence-electron chi connectivity index (χ3n) is 1.78. The highest BCUT2D eigenvalue weighted by Crippen LogP contribution is 2.14. The second kappa shape index (κ2) is 5.17. The molecule has 1 heterocycles. The summed E-state index contributed by atoms with van der Waals surface area (Å²) in [4.78, 5) is 4.15. The molecular weight excluding hydrogens is 198 g/mol. The number of aromatic nitrogens is 1. The van der Waals surface area contributed by atoms with Crippen LogP contribution in [-0.4, -0.2) is 11.5 Å². The molecule has 0 spiro atoms. The Morgan fingerprint density at radius 3 is 2.79 bits per heavy atom. The highest BCUT2D eigenvalue weighted by Gasteiger charge is 2.00. The van der Waals surface area contributed by atoms with Gasteiger partial charge in [0.25, 0.3) is 0 Å². The van der Waals surface area contributed by atoms with Crippen molar-refractivity contribution in [1.29, 1.82) is 0 Å². The predicted molar refractivity (Wildman–Crippen MR) is 60.5 cm³/mol. The molecule has 3 nitrogen and oxygen atoms in total. The number of pyridine rings is 1. The lowest BCUT2D eigenvalue weighted by Gasteiger charge is -2.09. The van der Waals surface area contributed by atoms with Crippen LogP contribution in [0.5, 0.6) is 0 Å².